The van der Waals surface area contributed by atoms with Crippen LogP contribution in [-0.2, 0) is 11.4 Å². The third kappa shape index (κ3) is 5.39. The summed E-state index contributed by atoms with van der Waals surface area (Å²) in [7, 11) is 0. The third-order valence-electron chi connectivity index (χ3n) is 5.57. The molecule has 8 heteroatoms. The standard InChI is InChI=1S/C20H29N5OS2/c1-16-2-4-18(5-3-16)21-19-22-25(20(27)28-19)15-24-8-6-17(7-9-24)14-23-10-12-26-13-11-23/h2-5,17H,6-15H2,1H3,(H,21,22). The van der Waals surface area contributed by atoms with Crippen LogP contribution in [0, 0.1) is 16.8 Å². The first-order valence-corrected chi connectivity index (χ1v) is 11.3. The Hall–Kier alpha value is -1.32. The zero-order valence-corrected chi connectivity index (χ0v) is 18.1. The Bertz CT molecular complexity index is 805. The van der Waals surface area contributed by atoms with E-state index in [-0.39, 0.29) is 0 Å². The Morgan fingerprint density at radius 1 is 1.11 bits per heavy atom. The number of aromatic nitrogens is 2. The molecule has 2 saturated heterocycles. The average Bonchev–Trinajstić information content (AvgIpc) is 3.05. The number of nitrogens with one attached hydrogen (secondary N) is 1. The molecule has 4 rings (SSSR count). The van der Waals surface area contributed by atoms with Gasteiger partial charge in [-0.3, -0.25) is 9.80 Å². The Labute approximate surface area is 176 Å². The lowest BCUT2D eigenvalue weighted by Gasteiger charge is -2.35. The van der Waals surface area contributed by atoms with Crippen molar-refractivity contribution in [1.29, 1.82) is 0 Å². The minimum absolute atomic E-state index is 0.787. The maximum atomic E-state index is 5.54. The molecule has 0 unspecified atom stereocenters. The normalized spacial score (nSPS) is 19.8. The van der Waals surface area contributed by atoms with Gasteiger partial charge in [0.25, 0.3) is 0 Å². The summed E-state index contributed by atoms with van der Waals surface area (Å²) >= 11 is 7.08. The van der Waals surface area contributed by atoms with Crippen molar-refractivity contribution in [2.45, 2.75) is 26.4 Å². The van der Waals surface area contributed by atoms with Crippen LogP contribution in [0.3, 0.4) is 0 Å². The van der Waals surface area contributed by atoms with Gasteiger partial charge in [0, 0.05) is 38.4 Å². The monoisotopic (exact) mass is 419 g/mol. The van der Waals surface area contributed by atoms with Crippen molar-refractivity contribution < 1.29 is 4.74 Å². The number of nitrogens with zero attached hydrogens (tertiary/aromatic N) is 4. The summed E-state index contributed by atoms with van der Waals surface area (Å²) in [5.41, 5.74) is 2.30. The molecule has 1 aromatic heterocycles. The van der Waals surface area contributed by atoms with E-state index in [1.165, 1.54) is 36.3 Å². The maximum absolute atomic E-state index is 5.54. The van der Waals surface area contributed by atoms with Crippen LogP contribution in [0.1, 0.15) is 18.4 Å². The Morgan fingerprint density at radius 2 is 1.82 bits per heavy atom. The topological polar surface area (TPSA) is 45.6 Å². The predicted octanol–water partition coefficient (Wildman–Crippen LogP) is 3.73. The lowest BCUT2D eigenvalue weighted by Crippen LogP contribution is -2.43. The number of morpholine rings is 1. The van der Waals surface area contributed by atoms with Gasteiger partial charge in [0.1, 0.15) is 0 Å². The van der Waals surface area contributed by atoms with Gasteiger partial charge in [0.15, 0.2) is 3.95 Å². The van der Waals surface area contributed by atoms with Crippen molar-refractivity contribution in [3.05, 3.63) is 33.8 Å². The van der Waals surface area contributed by atoms with Crippen molar-refractivity contribution in [3.8, 4) is 0 Å². The molecule has 6 nitrogen and oxygen atoms in total. The number of hydrogen-bond donors (Lipinski definition) is 1. The van der Waals surface area contributed by atoms with E-state index in [2.05, 4.69) is 46.3 Å². The largest absolute Gasteiger partial charge is 0.379 e. The fourth-order valence-electron chi connectivity index (χ4n) is 3.86. The molecule has 0 saturated carbocycles. The summed E-state index contributed by atoms with van der Waals surface area (Å²) in [5.74, 6) is 0.802. The molecule has 0 amide bonds. The van der Waals surface area contributed by atoms with Gasteiger partial charge in [-0.2, -0.15) is 0 Å². The molecule has 0 bridgehead atoms. The second kappa shape index (κ2) is 9.45. The summed E-state index contributed by atoms with van der Waals surface area (Å²) in [6.07, 6.45) is 2.51. The molecule has 2 fully saturated rings. The average molecular weight is 420 g/mol. The SMILES string of the molecule is Cc1ccc(Nc2nn(CN3CCC(CN4CCOCC4)CC3)c(=S)s2)cc1. The second-order valence-electron chi connectivity index (χ2n) is 7.78. The van der Waals surface area contributed by atoms with Gasteiger partial charge in [-0.05, 0) is 50.0 Å². The lowest BCUT2D eigenvalue weighted by atomic mass is 9.96. The highest BCUT2D eigenvalue weighted by Crippen LogP contribution is 2.23. The van der Waals surface area contributed by atoms with Crippen molar-refractivity contribution in [2.24, 2.45) is 5.92 Å². The van der Waals surface area contributed by atoms with E-state index in [1.807, 2.05) is 4.68 Å². The summed E-state index contributed by atoms with van der Waals surface area (Å²) in [5, 5.41) is 8.92. The molecule has 0 aliphatic carbocycles. The van der Waals surface area contributed by atoms with Crippen LogP contribution >= 0.6 is 23.6 Å². The molecule has 0 spiro atoms. The fourth-order valence-corrected chi connectivity index (χ4v) is 4.87. The lowest BCUT2D eigenvalue weighted by molar-refractivity contribution is 0.0228. The Kier molecular flexibility index (Phi) is 6.74. The Balaban J connectivity index is 1.27. The number of ether oxygens (including phenoxy) is 1. The zero-order valence-electron chi connectivity index (χ0n) is 16.5. The van der Waals surface area contributed by atoms with Crippen molar-refractivity contribution >= 4 is 34.4 Å². The molecule has 1 aromatic carbocycles. The van der Waals surface area contributed by atoms with E-state index in [9.17, 15) is 0 Å². The van der Waals surface area contributed by atoms with Crippen LogP contribution in [0.4, 0.5) is 10.8 Å². The van der Waals surface area contributed by atoms with Gasteiger partial charge in [0.05, 0.1) is 19.9 Å². The number of anilines is 2. The van der Waals surface area contributed by atoms with Gasteiger partial charge >= 0.3 is 0 Å². The van der Waals surface area contributed by atoms with E-state index in [4.69, 9.17) is 22.1 Å². The van der Waals surface area contributed by atoms with E-state index in [1.54, 1.807) is 0 Å². The molecule has 2 aliphatic rings. The predicted molar refractivity (Wildman–Crippen MR) is 117 cm³/mol. The highest BCUT2D eigenvalue weighted by molar-refractivity contribution is 7.73. The number of likely N-dealkylation sites (tertiary alicyclic amines) is 1. The summed E-state index contributed by atoms with van der Waals surface area (Å²) < 4.78 is 8.24. The molecule has 0 radical (unpaired) electrons. The summed E-state index contributed by atoms with van der Waals surface area (Å²) in [6.45, 7) is 10.3. The smallest absolute Gasteiger partial charge is 0.209 e. The highest BCUT2D eigenvalue weighted by atomic mass is 32.1. The van der Waals surface area contributed by atoms with Crippen molar-refractivity contribution in [3.63, 3.8) is 0 Å². The van der Waals surface area contributed by atoms with E-state index >= 15 is 0 Å². The van der Waals surface area contributed by atoms with Crippen LogP contribution in [-0.4, -0.2) is 65.5 Å². The molecule has 1 N–H and O–H groups in total. The number of piperidine rings is 1. The third-order valence-corrected chi connectivity index (χ3v) is 6.79. The molecular formula is C20H29N5OS2. The van der Waals surface area contributed by atoms with Gasteiger partial charge in [-0.1, -0.05) is 29.0 Å². The molecule has 2 aliphatic heterocycles. The maximum Gasteiger partial charge on any atom is 0.209 e. The molecule has 2 aromatic rings. The second-order valence-corrected chi connectivity index (χ2v) is 9.40. The zero-order chi connectivity index (χ0) is 19.3. The van der Waals surface area contributed by atoms with E-state index < -0.39 is 0 Å². The molecular weight excluding hydrogens is 390 g/mol. The molecule has 28 heavy (non-hydrogen) atoms. The minimum Gasteiger partial charge on any atom is -0.379 e. The van der Waals surface area contributed by atoms with Crippen LogP contribution in [0.5, 0.6) is 0 Å². The Morgan fingerprint density at radius 3 is 2.54 bits per heavy atom. The molecule has 152 valence electrons. The molecule has 0 atom stereocenters. The number of rotatable bonds is 6. The first-order chi connectivity index (χ1) is 13.7. The van der Waals surface area contributed by atoms with Crippen molar-refractivity contribution in [1.82, 2.24) is 19.6 Å². The van der Waals surface area contributed by atoms with Crippen LogP contribution in [0.25, 0.3) is 0 Å². The van der Waals surface area contributed by atoms with Gasteiger partial charge in [0.2, 0.25) is 5.13 Å². The first kappa shape index (κ1) is 20.0. The number of aryl methyl sites for hydroxylation is 1. The first-order valence-electron chi connectivity index (χ1n) is 10.1. The minimum atomic E-state index is 0.787. The van der Waals surface area contributed by atoms with E-state index in [0.717, 1.165) is 66.8 Å². The van der Waals surface area contributed by atoms with Crippen LogP contribution in [0.2, 0.25) is 0 Å². The van der Waals surface area contributed by atoms with Crippen LogP contribution < -0.4 is 5.32 Å². The summed E-state index contributed by atoms with van der Waals surface area (Å²) in [6, 6.07) is 8.34. The quantitative estimate of drug-likeness (QED) is 0.720. The number of hydrogen-bond acceptors (Lipinski definition) is 7. The highest BCUT2D eigenvalue weighted by Gasteiger charge is 2.23. The van der Waals surface area contributed by atoms with Crippen LogP contribution in [0.15, 0.2) is 24.3 Å². The summed E-state index contributed by atoms with van der Waals surface area (Å²) in [4.78, 5) is 5.03. The van der Waals surface area contributed by atoms with E-state index in [0.29, 0.717) is 0 Å². The van der Waals surface area contributed by atoms with Gasteiger partial charge in [-0.25, -0.2) is 4.68 Å². The molecule has 3 heterocycles. The van der Waals surface area contributed by atoms with Gasteiger partial charge < -0.3 is 10.1 Å². The number of benzene rings is 1. The van der Waals surface area contributed by atoms with Crippen molar-refractivity contribution in [2.75, 3.05) is 51.3 Å². The fraction of sp³-hybridized carbons (Fsp3) is 0.600. The van der Waals surface area contributed by atoms with Gasteiger partial charge in [-0.15, -0.1) is 5.10 Å².